The molecule has 2 aromatic rings. The highest BCUT2D eigenvalue weighted by molar-refractivity contribution is 5.69. The van der Waals surface area contributed by atoms with Crippen molar-refractivity contribution in [2.24, 2.45) is 0 Å². The number of benzene rings is 2. The first-order valence-corrected chi connectivity index (χ1v) is 11.6. The molecule has 2 heteroatoms. The van der Waals surface area contributed by atoms with E-state index in [4.69, 9.17) is 0 Å². The summed E-state index contributed by atoms with van der Waals surface area (Å²) in [7, 11) is 0. The van der Waals surface area contributed by atoms with Crippen LogP contribution in [0.3, 0.4) is 0 Å². The Balaban J connectivity index is 2.59. The van der Waals surface area contributed by atoms with Gasteiger partial charge in [-0.2, -0.15) is 0 Å². The lowest BCUT2D eigenvalue weighted by Gasteiger charge is -2.34. The van der Waals surface area contributed by atoms with Crippen molar-refractivity contribution >= 4 is 5.57 Å². The lowest BCUT2D eigenvalue weighted by atomic mass is 9.69. The molecule has 0 radical (unpaired) electrons. The van der Waals surface area contributed by atoms with Crippen LogP contribution in [0.2, 0.25) is 0 Å². The van der Waals surface area contributed by atoms with Crippen molar-refractivity contribution < 1.29 is 10.2 Å². The molecule has 164 valence electrons. The maximum atomic E-state index is 10.8. The second-order valence-corrected chi connectivity index (χ2v) is 8.65. The molecule has 2 rings (SSSR count). The van der Waals surface area contributed by atoms with Gasteiger partial charge in [0.05, 0.1) is 5.60 Å². The third-order valence-electron chi connectivity index (χ3n) is 7.13. The number of phenolic OH excluding ortho intramolecular Hbond substituents is 1. The summed E-state index contributed by atoms with van der Waals surface area (Å²) in [6.45, 7) is 14.9. The van der Waals surface area contributed by atoms with Gasteiger partial charge in [0.1, 0.15) is 5.75 Å². The normalized spacial score (nSPS) is 13.0. The molecule has 2 N–H and O–H groups in total. The zero-order valence-corrected chi connectivity index (χ0v) is 20.0. The van der Waals surface area contributed by atoms with E-state index in [1.807, 2.05) is 26.8 Å². The van der Waals surface area contributed by atoms with Crippen LogP contribution in [-0.2, 0) is 5.41 Å². The summed E-state index contributed by atoms with van der Waals surface area (Å²) in [6.07, 6.45) is 6.40. The van der Waals surface area contributed by atoms with Crippen molar-refractivity contribution in [2.75, 3.05) is 0 Å². The van der Waals surface area contributed by atoms with Gasteiger partial charge >= 0.3 is 0 Å². The number of rotatable bonds is 9. The predicted molar refractivity (Wildman–Crippen MR) is 129 cm³/mol. The molecule has 2 aromatic carbocycles. The number of allylic oxidation sites excluding steroid dienone is 1. The smallest absolute Gasteiger partial charge is 0.118 e. The molecule has 0 bridgehead atoms. The molecule has 30 heavy (non-hydrogen) atoms. The monoisotopic (exact) mass is 408 g/mol. The van der Waals surface area contributed by atoms with Gasteiger partial charge in [0.2, 0.25) is 0 Å². The third-order valence-corrected chi connectivity index (χ3v) is 7.13. The van der Waals surface area contributed by atoms with Crippen molar-refractivity contribution in [1.82, 2.24) is 0 Å². The Morgan fingerprint density at radius 3 is 1.77 bits per heavy atom. The zero-order valence-electron chi connectivity index (χ0n) is 20.0. The minimum atomic E-state index is -0.739. The molecule has 0 aliphatic heterocycles. The molecule has 0 amide bonds. The van der Waals surface area contributed by atoms with Crippen LogP contribution in [0.25, 0.3) is 5.57 Å². The van der Waals surface area contributed by atoms with E-state index in [2.05, 4.69) is 64.1 Å². The van der Waals surface area contributed by atoms with Gasteiger partial charge in [-0.1, -0.05) is 65.0 Å². The summed E-state index contributed by atoms with van der Waals surface area (Å²) in [4.78, 5) is 0. The fourth-order valence-electron chi connectivity index (χ4n) is 4.66. The fraction of sp³-hybridized carbons (Fsp3) is 0.500. The maximum absolute atomic E-state index is 10.8. The maximum Gasteiger partial charge on any atom is 0.118 e. The van der Waals surface area contributed by atoms with E-state index in [0.29, 0.717) is 5.75 Å². The zero-order chi connectivity index (χ0) is 22.5. The molecule has 0 saturated heterocycles. The summed E-state index contributed by atoms with van der Waals surface area (Å²) in [6, 6.07) is 12.8. The largest absolute Gasteiger partial charge is 0.508 e. The Kier molecular flexibility index (Phi) is 7.93. The van der Waals surface area contributed by atoms with Gasteiger partial charge in [0, 0.05) is 5.41 Å². The Morgan fingerprint density at radius 2 is 1.33 bits per heavy atom. The lowest BCUT2D eigenvalue weighted by Crippen LogP contribution is -2.26. The van der Waals surface area contributed by atoms with E-state index < -0.39 is 5.60 Å². The SMILES string of the molecule is CC/C(=C/C(O)(CC)CC)c1ccc(C(CC)(CC)c2ccc(O)c(C)c2)cc1C. The number of aryl methyl sites for hydroxylation is 2. The first kappa shape index (κ1) is 24.2. The highest BCUT2D eigenvalue weighted by Crippen LogP contribution is 2.41. The van der Waals surface area contributed by atoms with Crippen LogP contribution in [0, 0.1) is 13.8 Å². The number of aromatic hydroxyl groups is 1. The van der Waals surface area contributed by atoms with E-state index in [-0.39, 0.29) is 5.41 Å². The van der Waals surface area contributed by atoms with Gasteiger partial charge in [-0.3, -0.25) is 0 Å². The quantitative estimate of drug-likeness (QED) is 0.452. The standard InChI is InChI=1S/C28H40O2/c1-8-22(19-27(30,9-2)10-3)25-15-13-23(17-20(25)6)28(11-4,12-5)24-14-16-26(29)21(7)18-24/h13-19,29-30H,8-12H2,1-7H3/b22-19-. The highest BCUT2D eigenvalue weighted by atomic mass is 16.3. The van der Waals surface area contributed by atoms with Crippen molar-refractivity contribution in [2.45, 2.75) is 91.6 Å². The molecule has 0 spiro atoms. The van der Waals surface area contributed by atoms with Crippen LogP contribution in [0.15, 0.2) is 42.5 Å². The topological polar surface area (TPSA) is 40.5 Å². The average Bonchev–Trinajstić information content (AvgIpc) is 2.76. The summed E-state index contributed by atoms with van der Waals surface area (Å²) in [5.74, 6) is 0.350. The summed E-state index contributed by atoms with van der Waals surface area (Å²) < 4.78 is 0. The molecule has 0 saturated carbocycles. The molecule has 0 heterocycles. The Hall–Kier alpha value is -2.06. The second-order valence-electron chi connectivity index (χ2n) is 8.65. The Morgan fingerprint density at radius 1 is 0.800 bits per heavy atom. The lowest BCUT2D eigenvalue weighted by molar-refractivity contribution is 0.0832. The van der Waals surface area contributed by atoms with E-state index in [1.165, 1.54) is 27.8 Å². The summed E-state index contributed by atoms with van der Waals surface area (Å²) in [5.41, 5.74) is 6.36. The second kappa shape index (κ2) is 9.83. The van der Waals surface area contributed by atoms with Gasteiger partial charge in [0.15, 0.2) is 0 Å². The van der Waals surface area contributed by atoms with Crippen LogP contribution < -0.4 is 0 Å². The molecule has 0 aliphatic carbocycles. The predicted octanol–water partition coefficient (Wildman–Crippen LogP) is 7.46. The van der Waals surface area contributed by atoms with Crippen LogP contribution in [0.4, 0.5) is 0 Å². The molecule has 0 aromatic heterocycles. The Labute approximate surface area is 183 Å². The minimum absolute atomic E-state index is 0.0780. The minimum Gasteiger partial charge on any atom is -0.508 e. The van der Waals surface area contributed by atoms with Crippen molar-refractivity contribution in [3.8, 4) is 5.75 Å². The van der Waals surface area contributed by atoms with Crippen molar-refractivity contribution in [3.05, 3.63) is 70.3 Å². The number of hydrogen-bond acceptors (Lipinski definition) is 2. The van der Waals surface area contributed by atoms with Crippen molar-refractivity contribution in [1.29, 1.82) is 0 Å². The molecule has 0 unspecified atom stereocenters. The van der Waals surface area contributed by atoms with Gasteiger partial charge in [-0.05, 0) is 91.5 Å². The van der Waals surface area contributed by atoms with E-state index in [1.54, 1.807) is 0 Å². The van der Waals surface area contributed by atoms with E-state index >= 15 is 0 Å². The van der Waals surface area contributed by atoms with E-state index in [0.717, 1.165) is 37.7 Å². The number of phenols is 1. The van der Waals surface area contributed by atoms with Gasteiger partial charge in [-0.15, -0.1) is 0 Å². The first-order chi connectivity index (χ1) is 14.2. The Bertz CT molecular complexity index is 884. The molecule has 0 atom stereocenters. The number of aliphatic hydroxyl groups is 1. The fourth-order valence-corrected chi connectivity index (χ4v) is 4.66. The summed E-state index contributed by atoms with van der Waals surface area (Å²) in [5, 5.41) is 20.8. The highest BCUT2D eigenvalue weighted by Gasteiger charge is 2.31. The summed E-state index contributed by atoms with van der Waals surface area (Å²) >= 11 is 0. The van der Waals surface area contributed by atoms with Gasteiger partial charge < -0.3 is 10.2 Å². The third kappa shape index (κ3) is 4.64. The van der Waals surface area contributed by atoms with Crippen molar-refractivity contribution in [3.63, 3.8) is 0 Å². The van der Waals surface area contributed by atoms with E-state index in [9.17, 15) is 10.2 Å². The molecule has 0 aliphatic rings. The number of hydrogen-bond donors (Lipinski definition) is 2. The van der Waals surface area contributed by atoms with Crippen LogP contribution in [0.1, 0.15) is 94.5 Å². The van der Waals surface area contributed by atoms with Crippen LogP contribution in [-0.4, -0.2) is 15.8 Å². The molecular weight excluding hydrogens is 368 g/mol. The molecular formula is C28H40O2. The average molecular weight is 409 g/mol. The van der Waals surface area contributed by atoms with Crippen LogP contribution >= 0.6 is 0 Å². The molecule has 2 nitrogen and oxygen atoms in total. The first-order valence-electron chi connectivity index (χ1n) is 11.6. The van der Waals surface area contributed by atoms with Gasteiger partial charge in [0.25, 0.3) is 0 Å². The van der Waals surface area contributed by atoms with Crippen LogP contribution in [0.5, 0.6) is 5.75 Å². The molecule has 0 fully saturated rings. The van der Waals surface area contributed by atoms with Gasteiger partial charge in [-0.25, -0.2) is 0 Å².